The van der Waals surface area contributed by atoms with Crippen molar-refractivity contribution in [2.75, 3.05) is 13.7 Å². The van der Waals surface area contributed by atoms with Crippen LogP contribution >= 0.6 is 0 Å². The Morgan fingerprint density at radius 1 is 1.06 bits per heavy atom. The number of alkyl carbamates (subject to hydrolysis) is 1. The predicted molar refractivity (Wildman–Crippen MR) is 120 cm³/mol. The third-order valence-electron chi connectivity index (χ3n) is 6.75. The Hall–Kier alpha value is -3.49. The molecule has 7 nitrogen and oxygen atoms in total. The Balaban J connectivity index is 1.33. The highest BCUT2D eigenvalue weighted by Crippen LogP contribution is 2.44. The minimum Gasteiger partial charge on any atom is -0.481 e. The molecule has 2 N–H and O–H groups in total. The molecule has 9 heteroatoms. The average Bonchev–Trinajstić information content (AvgIpc) is 3.09. The molecule has 4 rings (SSSR count). The number of nitrogens with zero attached hydrogens (tertiary/aromatic N) is 1. The number of carboxylic acid groups (broad SMARTS) is 1. The first-order chi connectivity index (χ1) is 16.3. The lowest BCUT2D eigenvalue weighted by atomic mass is 9.79. The molecule has 2 aromatic rings. The van der Waals surface area contributed by atoms with Gasteiger partial charge in [0.2, 0.25) is 5.91 Å². The Morgan fingerprint density at radius 3 is 2.15 bits per heavy atom. The zero-order valence-corrected chi connectivity index (χ0v) is 18.6. The van der Waals surface area contributed by atoms with Gasteiger partial charge in [0.05, 0.1) is 12.3 Å². The topological polar surface area (TPSA) is 95.9 Å². The molecule has 1 saturated carbocycles. The summed E-state index contributed by atoms with van der Waals surface area (Å²) in [5, 5.41) is 11.1. The molecule has 0 spiro atoms. The second-order valence-corrected chi connectivity index (χ2v) is 8.78. The summed E-state index contributed by atoms with van der Waals surface area (Å²) in [5.41, 5.74) is 4.09. The first kappa shape index (κ1) is 23.7. The number of benzene rings is 2. The van der Waals surface area contributed by atoms with Crippen molar-refractivity contribution in [1.82, 2.24) is 10.2 Å². The van der Waals surface area contributed by atoms with Gasteiger partial charge in [-0.2, -0.15) is 0 Å². The number of carboxylic acids is 1. The molecular formula is C25H26F2N2O5. The van der Waals surface area contributed by atoms with E-state index in [2.05, 4.69) is 5.32 Å². The number of hydrogen-bond donors (Lipinski definition) is 2. The van der Waals surface area contributed by atoms with Gasteiger partial charge in [-0.25, -0.2) is 13.6 Å². The normalized spacial score (nSPS) is 19.5. The highest BCUT2D eigenvalue weighted by Gasteiger charge is 2.39. The second kappa shape index (κ2) is 9.79. The number of hydrogen-bond acceptors (Lipinski definition) is 4. The Bertz CT molecular complexity index is 1040. The monoisotopic (exact) mass is 472 g/mol. The molecule has 1 fully saturated rings. The van der Waals surface area contributed by atoms with Gasteiger partial charge in [0.1, 0.15) is 12.6 Å². The Labute approximate surface area is 195 Å². The molecule has 1 unspecified atom stereocenters. The van der Waals surface area contributed by atoms with Gasteiger partial charge in [-0.05, 0) is 35.1 Å². The molecule has 34 heavy (non-hydrogen) atoms. The highest BCUT2D eigenvalue weighted by atomic mass is 19.3. The van der Waals surface area contributed by atoms with Gasteiger partial charge in [-0.1, -0.05) is 48.5 Å². The number of fused-ring (bicyclic) bond motifs is 3. The lowest BCUT2D eigenvalue weighted by molar-refractivity contribution is -0.150. The van der Waals surface area contributed by atoms with Crippen LogP contribution in [0.2, 0.25) is 0 Å². The van der Waals surface area contributed by atoms with Crippen molar-refractivity contribution in [3.8, 4) is 11.1 Å². The zero-order valence-electron chi connectivity index (χ0n) is 18.6. The fourth-order valence-corrected chi connectivity index (χ4v) is 4.64. The molecule has 2 amide bonds. The zero-order chi connectivity index (χ0) is 24.4. The van der Waals surface area contributed by atoms with Crippen molar-refractivity contribution in [2.45, 2.75) is 43.7 Å². The van der Waals surface area contributed by atoms with E-state index < -0.39 is 42.8 Å². The summed E-state index contributed by atoms with van der Waals surface area (Å²) in [6.07, 6.45) is -4.01. The summed E-state index contributed by atoms with van der Waals surface area (Å²) in [7, 11) is 1.46. The molecular weight excluding hydrogens is 446 g/mol. The third-order valence-corrected chi connectivity index (χ3v) is 6.75. The van der Waals surface area contributed by atoms with Crippen LogP contribution < -0.4 is 5.32 Å². The molecule has 0 saturated heterocycles. The van der Waals surface area contributed by atoms with E-state index in [9.17, 15) is 23.2 Å². The van der Waals surface area contributed by atoms with Gasteiger partial charge in [0.25, 0.3) is 6.43 Å². The van der Waals surface area contributed by atoms with Crippen molar-refractivity contribution in [1.29, 1.82) is 0 Å². The van der Waals surface area contributed by atoms with Gasteiger partial charge in [-0.3, -0.25) is 9.59 Å². The SMILES string of the molecule is CN(C(=O)CC(NC(=O)OCC1c2ccccc2-c2ccccc21)C(F)F)C1CC(C(=O)O)C1. The van der Waals surface area contributed by atoms with Crippen molar-refractivity contribution < 1.29 is 33.0 Å². The molecule has 0 aromatic heterocycles. The van der Waals surface area contributed by atoms with E-state index in [-0.39, 0.29) is 31.4 Å². The smallest absolute Gasteiger partial charge is 0.407 e. The van der Waals surface area contributed by atoms with Crippen LogP contribution in [0, 0.1) is 5.92 Å². The van der Waals surface area contributed by atoms with Crippen LogP contribution in [-0.4, -0.2) is 60.1 Å². The second-order valence-electron chi connectivity index (χ2n) is 8.78. The van der Waals surface area contributed by atoms with E-state index in [1.807, 2.05) is 48.5 Å². The number of carbonyl (C=O) groups is 3. The van der Waals surface area contributed by atoms with Crippen molar-refractivity contribution in [2.24, 2.45) is 5.92 Å². The quantitative estimate of drug-likeness (QED) is 0.608. The van der Waals surface area contributed by atoms with Crippen LogP contribution in [-0.2, 0) is 14.3 Å². The number of carbonyl (C=O) groups excluding carboxylic acids is 2. The molecule has 2 aromatic carbocycles. The molecule has 0 heterocycles. The number of ether oxygens (including phenoxy) is 1. The van der Waals surface area contributed by atoms with Crippen LogP contribution in [0.5, 0.6) is 0 Å². The van der Waals surface area contributed by atoms with Crippen LogP contribution in [0.1, 0.15) is 36.3 Å². The number of rotatable bonds is 8. The summed E-state index contributed by atoms with van der Waals surface area (Å²) in [4.78, 5) is 37.0. The Kier molecular flexibility index (Phi) is 6.81. The van der Waals surface area contributed by atoms with Gasteiger partial charge in [0, 0.05) is 19.0 Å². The first-order valence-electron chi connectivity index (χ1n) is 11.1. The Morgan fingerprint density at radius 2 is 1.62 bits per heavy atom. The summed E-state index contributed by atoms with van der Waals surface area (Å²) < 4.78 is 32.4. The van der Waals surface area contributed by atoms with E-state index in [1.165, 1.54) is 11.9 Å². The number of nitrogens with one attached hydrogen (secondary N) is 1. The van der Waals surface area contributed by atoms with Gasteiger partial charge in [-0.15, -0.1) is 0 Å². The summed E-state index contributed by atoms with van der Waals surface area (Å²) in [5.74, 6) is -2.25. The molecule has 180 valence electrons. The summed E-state index contributed by atoms with van der Waals surface area (Å²) in [6, 6.07) is 13.5. The van der Waals surface area contributed by atoms with E-state index in [4.69, 9.17) is 9.84 Å². The van der Waals surface area contributed by atoms with E-state index >= 15 is 0 Å². The van der Waals surface area contributed by atoms with Gasteiger partial charge in [0.15, 0.2) is 0 Å². The molecule has 0 radical (unpaired) electrons. The number of aliphatic carboxylic acids is 1. The largest absolute Gasteiger partial charge is 0.481 e. The lowest BCUT2D eigenvalue weighted by Gasteiger charge is -2.39. The van der Waals surface area contributed by atoms with E-state index in [1.54, 1.807) is 0 Å². The van der Waals surface area contributed by atoms with Crippen molar-refractivity contribution >= 4 is 18.0 Å². The molecule has 2 aliphatic carbocycles. The highest BCUT2D eigenvalue weighted by molar-refractivity contribution is 5.80. The summed E-state index contributed by atoms with van der Waals surface area (Å²) >= 11 is 0. The van der Waals surface area contributed by atoms with E-state index in [0.29, 0.717) is 0 Å². The lowest BCUT2D eigenvalue weighted by Crippen LogP contribution is -2.50. The molecule has 0 bridgehead atoms. The maximum Gasteiger partial charge on any atom is 0.407 e. The first-order valence-corrected chi connectivity index (χ1v) is 11.1. The number of halogens is 2. The molecule has 1 atom stereocenters. The average molecular weight is 472 g/mol. The standard InChI is InChI=1S/C25H26F2N2O5/c1-29(15-10-14(11-15)24(31)32)22(30)12-21(23(26)27)28-25(33)34-13-20-18-8-4-2-6-16(18)17-7-3-5-9-19(17)20/h2-9,14-15,20-21,23H,10-13H2,1H3,(H,28,33)(H,31,32). The molecule has 0 aliphatic heterocycles. The maximum atomic E-state index is 13.6. The van der Waals surface area contributed by atoms with Crippen LogP contribution in [0.25, 0.3) is 11.1 Å². The minimum atomic E-state index is -2.97. The van der Waals surface area contributed by atoms with Crippen molar-refractivity contribution in [3.63, 3.8) is 0 Å². The number of alkyl halides is 2. The third kappa shape index (κ3) is 4.73. The maximum absolute atomic E-state index is 13.6. The minimum absolute atomic E-state index is 0.0255. The van der Waals surface area contributed by atoms with E-state index in [0.717, 1.165) is 22.3 Å². The van der Waals surface area contributed by atoms with Crippen LogP contribution in [0.15, 0.2) is 48.5 Å². The molecule has 2 aliphatic rings. The predicted octanol–water partition coefficient (Wildman–Crippen LogP) is 3.87. The number of amides is 2. The van der Waals surface area contributed by atoms with Gasteiger partial charge < -0.3 is 20.1 Å². The fraction of sp³-hybridized carbons (Fsp3) is 0.400. The van der Waals surface area contributed by atoms with Gasteiger partial charge >= 0.3 is 12.1 Å². The summed E-state index contributed by atoms with van der Waals surface area (Å²) in [6.45, 7) is -0.0255. The fourth-order valence-electron chi connectivity index (χ4n) is 4.64. The van der Waals surface area contributed by atoms with Crippen molar-refractivity contribution in [3.05, 3.63) is 59.7 Å². The van der Waals surface area contributed by atoms with Crippen LogP contribution in [0.3, 0.4) is 0 Å². The van der Waals surface area contributed by atoms with Crippen LogP contribution in [0.4, 0.5) is 13.6 Å².